The van der Waals surface area contributed by atoms with Gasteiger partial charge in [-0.05, 0) is 61.4 Å². The summed E-state index contributed by atoms with van der Waals surface area (Å²) in [6.45, 7) is 5.04. The molecule has 1 amide bonds. The molecule has 2 aromatic carbocycles. The molecule has 29 heavy (non-hydrogen) atoms. The van der Waals surface area contributed by atoms with Crippen LogP contribution in [0.3, 0.4) is 0 Å². The number of benzene rings is 2. The average Bonchev–Trinajstić information content (AvgIpc) is 2.72. The van der Waals surface area contributed by atoms with Crippen molar-refractivity contribution in [1.29, 1.82) is 5.26 Å². The minimum Gasteiger partial charge on any atom is -0.494 e. The number of carbonyl (C=O) groups excluding carboxylic acids is 1. The lowest BCUT2D eigenvalue weighted by atomic mass is 10.1. The predicted molar refractivity (Wildman–Crippen MR) is 116 cm³/mol. The fraction of sp³-hybridized carbons (Fsp3) is 0.273. The topological polar surface area (TPSA) is 80.6 Å². The van der Waals surface area contributed by atoms with Crippen molar-refractivity contribution in [1.82, 2.24) is 0 Å². The zero-order chi connectivity index (χ0) is 21.2. The Morgan fingerprint density at radius 1 is 1.17 bits per heavy atom. The molecular formula is C22H23BrN2O4. The van der Waals surface area contributed by atoms with Crippen LogP contribution in [0.15, 0.2) is 46.4 Å². The van der Waals surface area contributed by atoms with Crippen molar-refractivity contribution in [3.05, 3.63) is 52.0 Å². The van der Waals surface area contributed by atoms with Gasteiger partial charge in [0.25, 0.3) is 5.91 Å². The van der Waals surface area contributed by atoms with E-state index in [0.29, 0.717) is 46.2 Å². The van der Waals surface area contributed by atoms with E-state index in [2.05, 4.69) is 21.2 Å². The fourth-order valence-corrected chi connectivity index (χ4v) is 2.89. The minimum atomic E-state index is -0.506. The summed E-state index contributed by atoms with van der Waals surface area (Å²) in [6.07, 6.45) is 2.37. The van der Waals surface area contributed by atoms with E-state index in [4.69, 9.17) is 14.2 Å². The van der Waals surface area contributed by atoms with Crippen molar-refractivity contribution in [2.75, 3.05) is 25.6 Å². The van der Waals surface area contributed by atoms with Crippen LogP contribution in [0.4, 0.5) is 5.69 Å². The number of amides is 1. The molecule has 2 aromatic rings. The van der Waals surface area contributed by atoms with Crippen LogP contribution >= 0.6 is 15.9 Å². The SMILES string of the molecule is CCCOc1cc(Br)c(/C=C(\C#N)C(=O)Nc2ccc(OCC)cc2)cc1OC. The zero-order valence-electron chi connectivity index (χ0n) is 16.6. The molecule has 0 radical (unpaired) electrons. The lowest BCUT2D eigenvalue weighted by molar-refractivity contribution is -0.112. The highest BCUT2D eigenvalue weighted by molar-refractivity contribution is 9.10. The largest absolute Gasteiger partial charge is 0.494 e. The highest BCUT2D eigenvalue weighted by Gasteiger charge is 2.14. The van der Waals surface area contributed by atoms with Gasteiger partial charge in [0, 0.05) is 10.2 Å². The highest BCUT2D eigenvalue weighted by Crippen LogP contribution is 2.34. The Balaban J connectivity index is 2.23. The van der Waals surface area contributed by atoms with Gasteiger partial charge in [-0.1, -0.05) is 22.9 Å². The second-order valence-electron chi connectivity index (χ2n) is 5.95. The quantitative estimate of drug-likeness (QED) is 0.412. The third-order valence-corrected chi connectivity index (χ3v) is 4.52. The molecule has 0 saturated carbocycles. The van der Waals surface area contributed by atoms with Crippen molar-refractivity contribution in [3.63, 3.8) is 0 Å². The van der Waals surface area contributed by atoms with Gasteiger partial charge in [0.2, 0.25) is 0 Å². The van der Waals surface area contributed by atoms with Gasteiger partial charge in [-0.15, -0.1) is 0 Å². The molecule has 0 aliphatic rings. The highest BCUT2D eigenvalue weighted by atomic mass is 79.9. The molecular weight excluding hydrogens is 436 g/mol. The second kappa shape index (κ2) is 11.1. The number of ether oxygens (including phenoxy) is 3. The normalized spacial score (nSPS) is 10.8. The van der Waals surface area contributed by atoms with Crippen molar-refractivity contribution < 1.29 is 19.0 Å². The lowest BCUT2D eigenvalue weighted by Gasteiger charge is -2.12. The van der Waals surface area contributed by atoms with Crippen LogP contribution in [0.1, 0.15) is 25.8 Å². The van der Waals surface area contributed by atoms with E-state index in [9.17, 15) is 10.1 Å². The molecule has 0 aliphatic carbocycles. The summed E-state index contributed by atoms with van der Waals surface area (Å²) in [5, 5.41) is 12.2. The van der Waals surface area contributed by atoms with Crippen LogP contribution in [0.25, 0.3) is 6.08 Å². The van der Waals surface area contributed by atoms with Crippen LogP contribution in [0, 0.1) is 11.3 Å². The molecule has 0 saturated heterocycles. The van der Waals surface area contributed by atoms with Crippen LogP contribution in [0.2, 0.25) is 0 Å². The van der Waals surface area contributed by atoms with Gasteiger partial charge in [-0.2, -0.15) is 5.26 Å². The molecule has 0 spiro atoms. The molecule has 7 heteroatoms. The van der Waals surface area contributed by atoms with E-state index < -0.39 is 5.91 Å². The molecule has 152 valence electrons. The summed E-state index contributed by atoms with van der Waals surface area (Å²) >= 11 is 3.46. The maximum absolute atomic E-state index is 12.5. The molecule has 0 atom stereocenters. The van der Waals surface area contributed by atoms with E-state index in [0.717, 1.165) is 6.42 Å². The fourth-order valence-electron chi connectivity index (χ4n) is 2.45. The van der Waals surface area contributed by atoms with Gasteiger partial charge >= 0.3 is 0 Å². The molecule has 1 N–H and O–H groups in total. The molecule has 0 fully saturated rings. The van der Waals surface area contributed by atoms with E-state index in [1.165, 1.54) is 6.08 Å². The summed E-state index contributed by atoms with van der Waals surface area (Å²) in [5.74, 6) is 1.32. The number of nitrogens with one attached hydrogen (secondary N) is 1. The van der Waals surface area contributed by atoms with Gasteiger partial charge in [0.1, 0.15) is 17.4 Å². The summed E-state index contributed by atoms with van der Waals surface area (Å²) in [6, 6.07) is 12.4. The summed E-state index contributed by atoms with van der Waals surface area (Å²) in [4.78, 5) is 12.5. The number of carbonyl (C=O) groups is 1. The third-order valence-electron chi connectivity index (χ3n) is 3.83. The number of hydrogen-bond donors (Lipinski definition) is 1. The number of anilines is 1. The van der Waals surface area contributed by atoms with E-state index >= 15 is 0 Å². The Kier molecular flexibility index (Phi) is 8.56. The number of nitrogens with zero attached hydrogens (tertiary/aromatic N) is 1. The third kappa shape index (κ3) is 6.26. The predicted octanol–water partition coefficient (Wildman–Crippen LogP) is 5.19. The zero-order valence-corrected chi connectivity index (χ0v) is 18.2. The van der Waals surface area contributed by atoms with Crippen molar-refractivity contribution in [3.8, 4) is 23.3 Å². The average molecular weight is 459 g/mol. The Morgan fingerprint density at radius 3 is 2.48 bits per heavy atom. The van der Waals surface area contributed by atoms with Gasteiger partial charge in [-0.3, -0.25) is 4.79 Å². The van der Waals surface area contributed by atoms with E-state index in [-0.39, 0.29) is 5.57 Å². The number of hydrogen-bond acceptors (Lipinski definition) is 5. The van der Waals surface area contributed by atoms with E-state index in [1.807, 2.05) is 19.9 Å². The maximum Gasteiger partial charge on any atom is 0.266 e. The minimum absolute atomic E-state index is 0.0381. The first kappa shape index (κ1) is 22.3. The first-order chi connectivity index (χ1) is 14.0. The molecule has 0 aliphatic heterocycles. The van der Waals surface area contributed by atoms with Crippen molar-refractivity contribution >= 4 is 33.6 Å². The van der Waals surface area contributed by atoms with E-state index in [1.54, 1.807) is 43.5 Å². The summed E-state index contributed by atoms with van der Waals surface area (Å²) in [5.41, 5.74) is 1.16. The van der Waals surface area contributed by atoms with Crippen LogP contribution in [-0.4, -0.2) is 26.2 Å². The van der Waals surface area contributed by atoms with Crippen LogP contribution in [-0.2, 0) is 4.79 Å². The van der Waals surface area contributed by atoms with Crippen LogP contribution < -0.4 is 19.5 Å². The lowest BCUT2D eigenvalue weighted by Crippen LogP contribution is -2.13. The Bertz CT molecular complexity index is 918. The monoisotopic (exact) mass is 458 g/mol. The smallest absolute Gasteiger partial charge is 0.266 e. The number of rotatable bonds is 9. The van der Waals surface area contributed by atoms with Gasteiger partial charge in [-0.25, -0.2) is 0 Å². The maximum atomic E-state index is 12.5. The summed E-state index contributed by atoms with van der Waals surface area (Å²) in [7, 11) is 1.54. The molecule has 0 unspecified atom stereocenters. The van der Waals surface area contributed by atoms with Crippen LogP contribution in [0.5, 0.6) is 17.2 Å². The van der Waals surface area contributed by atoms with Gasteiger partial charge in [0.15, 0.2) is 11.5 Å². The number of methoxy groups -OCH3 is 1. The number of halogens is 1. The Hall–Kier alpha value is -2.98. The molecule has 2 rings (SSSR count). The number of nitriles is 1. The second-order valence-corrected chi connectivity index (χ2v) is 6.81. The molecule has 6 nitrogen and oxygen atoms in total. The van der Waals surface area contributed by atoms with Crippen molar-refractivity contribution in [2.45, 2.75) is 20.3 Å². The van der Waals surface area contributed by atoms with Crippen molar-refractivity contribution in [2.24, 2.45) is 0 Å². The molecule has 0 heterocycles. The Labute approximate surface area is 179 Å². The molecule has 0 bridgehead atoms. The summed E-state index contributed by atoms with van der Waals surface area (Å²) < 4.78 is 17.1. The van der Waals surface area contributed by atoms with Gasteiger partial charge < -0.3 is 19.5 Å². The molecule has 0 aromatic heterocycles. The first-order valence-corrected chi connectivity index (χ1v) is 9.98. The standard InChI is InChI=1S/C22H23BrN2O4/c1-4-10-29-21-13-19(23)15(12-20(21)27-3)11-16(14-24)22(26)25-17-6-8-18(9-7-17)28-5-2/h6-9,11-13H,4-5,10H2,1-3H3,(H,25,26)/b16-11+. The first-order valence-electron chi connectivity index (χ1n) is 9.18. The Morgan fingerprint density at radius 2 is 1.90 bits per heavy atom. The van der Waals surface area contributed by atoms with Gasteiger partial charge in [0.05, 0.1) is 20.3 Å².